The Balaban J connectivity index is 1.38. The molecule has 6 nitrogen and oxygen atoms in total. The van der Waals surface area contributed by atoms with Gasteiger partial charge < -0.3 is 9.47 Å². The van der Waals surface area contributed by atoms with Gasteiger partial charge in [-0.25, -0.2) is 10.4 Å². The van der Waals surface area contributed by atoms with Crippen molar-refractivity contribution in [2.24, 2.45) is 5.10 Å². The summed E-state index contributed by atoms with van der Waals surface area (Å²) < 4.78 is 13.4. The minimum atomic E-state index is -0.317. The van der Waals surface area contributed by atoms with Crippen molar-refractivity contribution < 1.29 is 14.3 Å². The molecule has 1 atom stereocenters. The van der Waals surface area contributed by atoms with E-state index in [0.29, 0.717) is 11.5 Å². The minimum Gasteiger partial charge on any atom is -0.454 e. The third kappa shape index (κ3) is 4.10. The standard InChI is InChI=1S/C18H14BrN3O3S2/c1-10(26-18-21-13-4-2-3-5-16(13)27-18)17(23)22-20-8-11-6-14-15(7-12(11)19)25-9-24-14/h2-8,10H,9H2,1H3,(H,22,23)/b20-8-/t10-/m1/s1. The van der Waals surface area contributed by atoms with Crippen LogP contribution in [0.3, 0.4) is 0 Å². The van der Waals surface area contributed by atoms with Crippen LogP contribution in [0.4, 0.5) is 0 Å². The van der Waals surface area contributed by atoms with Gasteiger partial charge in [0.1, 0.15) is 0 Å². The van der Waals surface area contributed by atoms with Crippen molar-refractivity contribution in [2.45, 2.75) is 16.5 Å². The fraction of sp³-hybridized carbons (Fsp3) is 0.167. The third-order valence-electron chi connectivity index (χ3n) is 3.79. The number of rotatable bonds is 5. The van der Waals surface area contributed by atoms with Crippen molar-refractivity contribution >= 4 is 61.4 Å². The van der Waals surface area contributed by atoms with E-state index in [0.717, 1.165) is 24.6 Å². The Morgan fingerprint density at radius 1 is 1.37 bits per heavy atom. The average Bonchev–Trinajstić information content (AvgIpc) is 3.27. The zero-order chi connectivity index (χ0) is 18.8. The van der Waals surface area contributed by atoms with Crippen molar-refractivity contribution in [1.29, 1.82) is 0 Å². The number of carbonyl (C=O) groups is 1. The zero-order valence-corrected chi connectivity index (χ0v) is 17.4. The molecule has 1 aliphatic heterocycles. The lowest BCUT2D eigenvalue weighted by molar-refractivity contribution is -0.120. The van der Waals surface area contributed by atoms with Crippen LogP contribution in [0.15, 0.2) is 50.3 Å². The number of nitrogens with zero attached hydrogens (tertiary/aromatic N) is 2. The molecule has 0 saturated carbocycles. The monoisotopic (exact) mass is 463 g/mol. The molecule has 0 saturated heterocycles. The van der Waals surface area contributed by atoms with Crippen molar-refractivity contribution in [2.75, 3.05) is 6.79 Å². The minimum absolute atomic E-state index is 0.188. The highest BCUT2D eigenvalue weighted by Gasteiger charge is 2.17. The van der Waals surface area contributed by atoms with Gasteiger partial charge in [0.15, 0.2) is 15.8 Å². The van der Waals surface area contributed by atoms with Gasteiger partial charge in [-0.3, -0.25) is 4.79 Å². The van der Waals surface area contributed by atoms with E-state index in [2.05, 4.69) is 31.4 Å². The molecule has 0 fully saturated rings. The summed E-state index contributed by atoms with van der Waals surface area (Å²) in [4.78, 5) is 16.8. The lowest BCUT2D eigenvalue weighted by Gasteiger charge is -2.07. The zero-order valence-electron chi connectivity index (χ0n) is 14.1. The van der Waals surface area contributed by atoms with E-state index in [1.165, 1.54) is 11.8 Å². The number of halogens is 1. The highest BCUT2D eigenvalue weighted by Crippen LogP contribution is 2.36. The van der Waals surface area contributed by atoms with Gasteiger partial charge in [-0.2, -0.15) is 5.10 Å². The fourth-order valence-corrected chi connectivity index (χ4v) is 5.02. The maximum atomic E-state index is 12.3. The van der Waals surface area contributed by atoms with Gasteiger partial charge in [0.25, 0.3) is 5.91 Å². The molecule has 0 radical (unpaired) electrons. The van der Waals surface area contributed by atoms with Crippen LogP contribution >= 0.6 is 39.0 Å². The molecule has 0 aliphatic carbocycles. The Kier molecular flexibility index (Phi) is 5.33. The second-order valence-electron chi connectivity index (χ2n) is 5.67. The topological polar surface area (TPSA) is 72.8 Å². The molecule has 1 aliphatic rings. The molecular formula is C18H14BrN3O3S2. The number of benzene rings is 2. The molecule has 1 N–H and O–H groups in total. The number of thiazole rings is 1. The fourth-order valence-electron chi connectivity index (χ4n) is 2.39. The average molecular weight is 464 g/mol. The van der Waals surface area contributed by atoms with Crippen molar-refractivity contribution in [3.8, 4) is 11.5 Å². The Morgan fingerprint density at radius 2 is 2.15 bits per heavy atom. The Labute approximate surface area is 172 Å². The van der Waals surface area contributed by atoms with Gasteiger partial charge in [0.05, 0.1) is 21.7 Å². The van der Waals surface area contributed by atoms with E-state index in [-0.39, 0.29) is 18.0 Å². The number of ether oxygens (including phenoxy) is 2. The first-order valence-electron chi connectivity index (χ1n) is 8.04. The lowest BCUT2D eigenvalue weighted by Crippen LogP contribution is -2.26. The molecule has 2 aromatic carbocycles. The molecule has 0 unspecified atom stereocenters. The number of hydrogen-bond donors (Lipinski definition) is 1. The van der Waals surface area contributed by atoms with Crippen LogP contribution in [0.25, 0.3) is 10.2 Å². The third-order valence-corrected chi connectivity index (χ3v) is 6.71. The number of nitrogens with one attached hydrogen (secondary N) is 1. The molecule has 0 bridgehead atoms. The van der Waals surface area contributed by atoms with Gasteiger partial charge in [-0.1, -0.05) is 23.9 Å². The molecular weight excluding hydrogens is 450 g/mol. The van der Waals surface area contributed by atoms with Crippen molar-refractivity contribution in [1.82, 2.24) is 10.4 Å². The first kappa shape index (κ1) is 18.3. The molecule has 1 amide bonds. The number of hydrogen-bond acceptors (Lipinski definition) is 7. The Hall–Kier alpha value is -2.10. The van der Waals surface area contributed by atoms with E-state index >= 15 is 0 Å². The molecule has 1 aromatic heterocycles. The summed E-state index contributed by atoms with van der Waals surface area (Å²) in [5.41, 5.74) is 4.30. The summed E-state index contributed by atoms with van der Waals surface area (Å²) in [5.74, 6) is 1.15. The van der Waals surface area contributed by atoms with E-state index in [9.17, 15) is 4.79 Å². The van der Waals surface area contributed by atoms with Gasteiger partial charge in [-0.15, -0.1) is 11.3 Å². The van der Waals surface area contributed by atoms with Crippen LogP contribution in [-0.4, -0.2) is 29.1 Å². The van der Waals surface area contributed by atoms with Crippen LogP contribution in [0, 0.1) is 0 Å². The Bertz CT molecular complexity index is 1000. The quantitative estimate of drug-likeness (QED) is 0.344. The number of aromatic nitrogens is 1. The van der Waals surface area contributed by atoms with E-state index in [1.54, 1.807) is 23.6 Å². The highest BCUT2D eigenvalue weighted by atomic mass is 79.9. The SMILES string of the molecule is C[C@@H](Sc1nc2ccccc2s1)C(=O)N/N=C\c1cc2c(cc1Br)OCO2. The van der Waals surface area contributed by atoms with Gasteiger partial charge >= 0.3 is 0 Å². The van der Waals surface area contributed by atoms with Crippen molar-refractivity contribution in [3.05, 3.63) is 46.4 Å². The molecule has 3 aromatic rings. The summed E-state index contributed by atoms with van der Waals surface area (Å²) in [7, 11) is 0. The maximum absolute atomic E-state index is 12.3. The largest absolute Gasteiger partial charge is 0.454 e. The van der Waals surface area contributed by atoms with Crippen molar-refractivity contribution in [3.63, 3.8) is 0 Å². The van der Waals surface area contributed by atoms with Crippen LogP contribution in [0.2, 0.25) is 0 Å². The van der Waals surface area contributed by atoms with E-state index in [4.69, 9.17) is 9.47 Å². The number of carbonyl (C=O) groups excluding carboxylic acids is 1. The molecule has 2 heterocycles. The van der Waals surface area contributed by atoms with Crippen LogP contribution in [0.1, 0.15) is 12.5 Å². The van der Waals surface area contributed by atoms with Gasteiger partial charge in [-0.05, 0) is 47.1 Å². The predicted molar refractivity (Wildman–Crippen MR) is 111 cm³/mol. The normalized spacial score (nSPS) is 14.0. The maximum Gasteiger partial charge on any atom is 0.253 e. The smallest absolute Gasteiger partial charge is 0.253 e. The first-order chi connectivity index (χ1) is 13.1. The Morgan fingerprint density at radius 3 is 2.96 bits per heavy atom. The molecule has 27 heavy (non-hydrogen) atoms. The highest BCUT2D eigenvalue weighted by molar-refractivity contribution is 9.10. The molecule has 4 rings (SSSR count). The molecule has 138 valence electrons. The summed E-state index contributed by atoms with van der Waals surface area (Å²) >= 11 is 6.45. The second-order valence-corrected chi connectivity index (χ2v) is 9.14. The van der Waals surface area contributed by atoms with Crippen LogP contribution in [0.5, 0.6) is 11.5 Å². The van der Waals surface area contributed by atoms with Crippen LogP contribution in [-0.2, 0) is 4.79 Å². The second kappa shape index (κ2) is 7.87. The summed E-state index contributed by atoms with van der Waals surface area (Å²) in [6.07, 6.45) is 1.57. The van der Waals surface area contributed by atoms with Gasteiger partial charge in [0, 0.05) is 10.0 Å². The lowest BCUT2D eigenvalue weighted by atomic mass is 10.2. The van der Waals surface area contributed by atoms with Crippen LogP contribution < -0.4 is 14.9 Å². The summed E-state index contributed by atoms with van der Waals surface area (Å²) in [6, 6.07) is 11.5. The predicted octanol–water partition coefficient (Wildman–Crippen LogP) is 4.42. The van der Waals surface area contributed by atoms with E-state index in [1.807, 2.05) is 37.3 Å². The summed E-state index contributed by atoms with van der Waals surface area (Å²) in [5, 5.41) is 3.74. The number of fused-ring (bicyclic) bond motifs is 2. The number of para-hydroxylation sites is 1. The molecule has 9 heteroatoms. The number of amides is 1. The van der Waals surface area contributed by atoms with Gasteiger partial charge in [0.2, 0.25) is 6.79 Å². The first-order valence-corrected chi connectivity index (χ1v) is 10.5. The molecule has 0 spiro atoms. The number of thioether (sulfide) groups is 1. The summed E-state index contributed by atoms with van der Waals surface area (Å²) in [6.45, 7) is 2.04. The number of hydrazone groups is 1. The van der Waals surface area contributed by atoms with E-state index < -0.39 is 0 Å².